The third-order valence-electron chi connectivity index (χ3n) is 3.73. The number of methoxy groups -OCH3 is 1. The molecule has 1 fully saturated rings. The molecule has 4 nitrogen and oxygen atoms in total. The van der Waals surface area contributed by atoms with Crippen LogP contribution in [0.1, 0.15) is 39.0 Å². The number of rotatable bonds is 5. The normalized spacial score (nSPS) is 25.9. The van der Waals surface area contributed by atoms with Gasteiger partial charge in [-0.15, -0.1) is 0 Å². The molecule has 0 aromatic rings. The Morgan fingerprint density at radius 3 is 1.95 bits per heavy atom. The number of ether oxygens (including phenoxy) is 1. The second-order valence-electron chi connectivity index (χ2n) is 5.66. The molecule has 5 heteroatoms. The van der Waals surface area contributed by atoms with E-state index in [1.807, 2.05) is 26.0 Å². The smallest absolute Gasteiger partial charge is 0.370 e. The largest absolute Gasteiger partial charge is 0.396 e. The lowest BCUT2D eigenvalue weighted by molar-refractivity contribution is -0.0149. The van der Waals surface area contributed by atoms with Crippen molar-refractivity contribution < 1.29 is 13.6 Å². The Morgan fingerprint density at radius 1 is 1.05 bits per heavy atom. The van der Waals surface area contributed by atoms with Crippen molar-refractivity contribution in [2.75, 3.05) is 42.5 Å². The molecular formula is C14H33NO3Si. The van der Waals surface area contributed by atoms with E-state index in [1.54, 1.807) is 21.3 Å². The topological polar surface area (TPSA) is 30.9 Å². The Bertz CT molecular complexity index is 228. The van der Waals surface area contributed by atoms with Crippen LogP contribution in [-0.2, 0) is 13.6 Å². The molecule has 1 heterocycles. The van der Waals surface area contributed by atoms with Gasteiger partial charge in [-0.05, 0) is 40.0 Å². The molecule has 0 spiro atoms. The SMILES string of the molecule is CCCC1(OC)CCCC[Si]1(OC)OC.CN(C)C. The van der Waals surface area contributed by atoms with Gasteiger partial charge < -0.3 is 18.5 Å². The lowest BCUT2D eigenvalue weighted by Gasteiger charge is -2.47. The Labute approximate surface area is 120 Å². The summed E-state index contributed by atoms with van der Waals surface area (Å²) < 4.78 is 17.4. The van der Waals surface area contributed by atoms with Crippen molar-refractivity contribution in [1.82, 2.24) is 4.90 Å². The van der Waals surface area contributed by atoms with Gasteiger partial charge in [-0.2, -0.15) is 0 Å². The minimum atomic E-state index is -2.15. The molecular weight excluding hydrogens is 258 g/mol. The van der Waals surface area contributed by atoms with E-state index in [0.29, 0.717) is 0 Å². The summed E-state index contributed by atoms with van der Waals surface area (Å²) in [7, 11) is 9.22. The minimum absolute atomic E-state index is 0.122. The van der Waals surface area contributed by atoms with Gasteiger partial charge in [0.2, 0.25) is 0 Å². The van der Waals surface area contributed by atoms with Gasteiger partial charge in [-0.1, -0.05) is 26.2 Å². The van der Waals surface area contributed by atoms with E-state index in [4.69, 9.17) is 13.6 Å². The molecule has 0 radical (unpaired) electrons. The zero-order valence-corrected chi connectivity index (χ0v) is 14.9. The number of hydrogen-bond donors (Lipinski definition) is 0. The number of hydrogen-bond acceptors (Lipinski definition) is 4. The average Bonchev–Trinajstić information content (AvgIpc) is 2.39. The summed E-state index contributed by atoms with van der Waals surface area (Å²) in [5.74, 6) is 0. The van der Waals surface area contributed by atoms with Crippen molar-refractivity contribution in [2.24, 2.45) is 0 Å². The highest BCUT2D eigenvalue weighted by Crippen LogP contribution is 2.42. The molecule has 0 aromatic heterocycles. The highest BCUT2D eigenvalue weighted by atomic mass is 28.4. The molecule has 0 aromatic carbocycles. The summed E-state index contributed by atoms with van der Waals surface area (Å²) in [4.78, 5) is 2.00. The zero-order chi connectivity index (χ0) is 14.9. The predicted octanol–water partition coefficient (Wildman–Crippen LogP) is 2.81. The van der Waals surface area contributed by atoms with E-state index in [2.05, 4.69) is 6.92 Å². The van der Waals surface area contributed by atoms with E-state index in [-0.39, 0.29) is 5.22 Å². The first-order valence-corrected chi connectivity index (χ1v) is 9.22. The Kier molecular flexibility index (Phi) is 9.10. The summed E-state index contributed by atoms with van der Waals surface area (Å²) >= 11 is 0. The molecule has 1 atom stereocenters. The maximum Gasteiger partial charge on any atom is 0.370 e. The van der Waals surface area contributed by atoms with E-state index < -0.39 is 8.56 Å². The minimum Gasteiger partial charge on any atom is -0.396 e. The molecule has 1 aliphatic heterocycles. The fraction of sp³-hybridized carbons (Fsp3) is 1.00. The van der Waals surface area contributed by atoms with Gasteiger partial charge in [0, 0.05) is 21.3 Å². The Balaban J connectivity index is 0.000000711. The van der Waals surface area contributed by atoms with Gasteiger partial charge in [-0.25, -0.2) is 0 Å². The molecule has 116 valence electrons. The van der Waals surface area contributed by atoms with Crippen LogP contribution < -0.4 is 0 Å². The molecule has 0 saturated carbocycles. The highest BCUT2D eigenvalue weighted by Gasteiger charge is 2.58. The van der Waals surface area contributed by atoms with Gasteiger partial charge in [0.25, 0.3) is 0 Å². The first-order valence-electron chi connectivity index (χ1n) is 7.20. The molecule has 0 amide bonds. The molecule has 0 bridgehead atoms. The average molecular weight is 292 g/mol. The molecule has 1 saturated heterocycles. The van der Waals surface area contributed by atoms with Gasteiger partial charge in [-0.3, -0.25) is 0 Å². The van der Waals surface area contributed by atoms with E-state index in [9.17, 15) is 0 Å². The number of nitrogens with zero attached hydrogens (tertiary/aromatic N) is 1. The molecule has 19 heavy (non-hydrogen) atoms. The molecule has 0 aliphatic carbocycles. The van der Waals surface area contributed by atoms with Crippen LogP contribution >= 0.6 is 0 Å². The van der Waals surface area contributed by atoms with Crippen molar-refractivity contribution >= 4 is 8.56 Å². The van der Waals surface area contributed by atoms with Crippen LogP contribution in [0.15, 0.2) is 0 Å². The van der Waals surface area contributed by atoms with Crippen molar-refractivity contribution in [3.63, 3.8) is 0 Å². The van der Waals surface area contributed by atoms with E-state index in [1.165, 1.54) is 12.8 Å². The maximum absolute atomic E-state index is 5.83. The van der Waals surface area contributed by atoms with Crippen molar-refractivity contribution in [2.45, 2.75) is 50.3 Å². The third-order valence-corrected chi connectivity index (χ3v) is 8.16. The van der Waals surface area contributed by atoms with Gasteiger partial charge in [0.1, 0.15) is 5.22 Å². The van der Waals surface area contributed by atoms with Gasteiger partial charge >= 0.3 is 8.56 Å². The van der Waals surface area contributed by atoms with Crippen LogP contribution in [-0.4, -0.2) is 61.2 Å². The van der Waals surface area contributed by atoms with Crippen LogP contribution in [0.25, 0.3) is 0 Å². The summed E-state index contributed by atoms with van der Waals surface area (Å²) in [6, 6.07) is 1.06. The monoisotopic (exact) mass is 291 g/mol. The van der Waals surface area contributed by atoms with Crippen LogP contribution in [0.2, 0.25) is 6.04 Å². The van der Waals surface area contributed by atoms with E-state index >= 15 is 0 Å². The second-order valence-corrected chi connectivity index (χ2v) is 9.39. The van der Waals surface area contributed by atoms with Crippen molar-refractivity contribution in [3.8, 4) is 0 Å². The van der Waals surface area contributed by atoms with Gasteiger partial charge in [0.05, 0.1) is 0 Å². The first-order chi connectivity index (χ1) is 8.93. The fourth-order valence-corrected chi connectivity index (χ4v) is 6.91. The first kappa shape index (κ1) is 19.1. The summed E-state index contributed by atoms with van der Waals surface area (Å²) in [6.07, 6.45) is 5.70. The third kappa shape index (κ3) is 4.83. The summed E-state index contributed by atoms with van der Waals surface area (Å²) in [5, 5.41) is -0.122. The fourth-order valence-electron chi connectivity index (χ4n) is 2.92. The highest BCUT2D eigenvalue weighted by molar-refractivity contribution is 6.70. The standard InChI is InChI=1S/C11H24O3Si.C3H9N/c1-5-8-11(12-2)9-6-7-10-15(11,13-3)14-4;1-4(2)3/h5-10H2,1-4H3;1-3H3. The molecule has 0 N–H and O–H groups in total. The maximum atomic E-state index is 5.83. The molecule has 1 aliphatic rings. The van der Waals surface area contributed by atoms with Crippen molar-refractivity contribution in [1.29, 1.82) is 0 Å². The second kappa shape index (κ2) is 9.08. The Hall–Kier alpha value is 0.0569. The lowest BCUT2D eigenvalue weighted by Crippen LogP contribution is -2.64. The summed E-state index contributed by atoms with van der Waals surface area (Å²) in [5.41, 5.74) is 0. The van der Waals surface area contributed by atoms with E-state index in [0.717, 1.165) is 25.3 Å². The van der Waals surface area contributed by atoms with Crippen LogP contribution in [0.3, 0.4) is 0 Å². The summed E-state index contributed by atoms with van der Waals surface area (Å²) in [6.45, 7) is 2.19. The van der Waals surface area contributed by atoms with Crippen LogP contribution in [0.5, 0.6) is 0 Å². The molecule has 1 unspecified atom stereocenters. The Morgan fingerprint density at radius 2 is 1.58 bits per heavy atom. The van der Waals surface area contributed by atoms with Crippen LogP contribution in [0.4, 0.5) is 0 Å². The van der Waals surface area contributed by atoms with Crippen molar-refractivity contribution in [3.05, 3.63) is 0 Å². The van der Waals surface area contributed by atoms with Gasteiger partial charge in [0.15, 0.2) is 0 Å². The lowest BCUT2D eigenvalue weighted by atomic mass is 10.1. The molecule has 1 rings (SSSR count). The van der Waals surface area contributed by atoms with Crippen LogP contribution in [0, 0.1) is 0 Å². The predicted molar refractivity (Wildman–Crippen MR) is 82.7 cm³/mol. The zero-order valence-electron chi connectivity index (χ0n) is 13.9. The quantitative estimate of drug-likeness (QED) is 0.729.